The van der Waals surface area contributed by atoms with E-state index in [0.29, 0.717) is 11.4 Å². The topological polar surface area (TPSA) is 46.2 Å². The Morgan fingerprint density at radius 1 is 1.04 bits per heavy atom. The van der Waals surface area contributed by atoms with Crippen LogP contribution in [0.2, 0.25) is 0 Å². The summed E-state index contributed by atoms with van der Waals surface area (Å²) in [5.41, 5.74) is 3.04. The standard InChI is InChI=1S/C19H23NO2S/c1-15-9-10-18(16(2)13-15)23(21,22)20-14-19(11-6-12-19)17-7-4-3-5-8-17/h3-5,7-10,13,20H,6,11-12,14H2,1-2H3. The van der Waals surface area contributed by atoms with Gasteiger partial charge in [-0.05, 0) is 43.9 Å². The number of hydrogen-bond donors (Lipinski definition) is 1. The molecule has 1 aliphatic rings. The van der Waals surface area contributed by atoms with Gasteiger partial charge >= 0.3 is 0 Å². The SMILES string of the molecule is Cc1ccc(S(=O)(=O)NCC2(c3ccccc3)CCC2)c(C)c1. The molecule has 0 amide bonds. The highest BCUT2D eigenvalue weighted by Crippen LogP contribution is 2.43. The van der Waals surface area contributed by atoms with Crippen LogP contribution in [0.5, 0.6) is 0 Å². The van der Waals surface area contributed by atoms with Crippen molar-refractivity contribution in [2.45, 2.75) is 43.4 Å². The minimum Gasteiger partial charge on any atom is -0.210 e. The lowest BCUT2D eigenvalue weighted by Gasteiger charge is -2.42. The molecule has 0 atom stereocenters. The van der Waals surface area contributed by atoms with Crippen LogP contribution in [-0.2, 0) is 15.4 Å². The van der Waals surface area contributed by atoms with Gasteiger partial charge in [-0.15, -0.1) is 0 Å². The lowest BCUT2D eigenvalue weighted by molar-refractivity contribution is 0.245. The fourth-order valence-electron chi connectivity index (χ4n) is 3.37. The van der Waals surface area contributed by atoms with Gasteiger partial charge in [0.15, 0.2) is 0 Å². The molecule has 0 radical (unpaired) electrons. The second-order valence-electron chi connectivity index (χ2n) is 6.59. The summed E-state index contributed by atoms with van der Waals surface area (Å²) in [6.45, 7) is 4.28. The monoisotopic (exact) mass is 329 g/mol. The van der Waals surface area contributed by atoms with E-state index in [9.17, 15) is 8.42 Å². The van der Waals surface area contributed by atoms with Crippen molar-refractivity contribution in [2.75, 3.05) is 6.54 Å². The minimum atomic E-state index is -3.48. The van der Waals surface area contributed by atoms with E-state index in [1.54, 1.807) is 6.07 Å². The molecule has 3 rings (SSSR count). The van der Waals surface area contributed by atoms with Crippen LogP contribution in [0.15, 0.2) is 53.4 Å². The molecule has 3 nitrogen and oxygen atoms in total. The van der Waals surface area contributed by atoms with Gasteiger partial charge in [-0.2, -0.15) is 0 Å². The Bertz CT molecular complexity index is 793. The van der Waals surface area contributed by atoms with E-state index < -0.39 is 10.0 Å². The van der Waals surface area contributed by atoms with E-state index in [2.05, 4.69) is 16.9 Å². The first-order valence-electron chi connectivity index (χ1n) is 8.05. The lowest BCUT2D eigenvalue weighted by Crippen LogP contribution is -2.45. The zero-order chi connectivity index (χ0) is 16.5. The summed E-state index contributed by atoms with van der Waals surface area (Å²) in [7, 11) is -3.48. The molecule has 0 spiro atoms. The molecule has 0 unspecified atom stereocenters. The predicted octanol–water partition coefficient (Wildman–Crippen LogP) is 3.70. The number of nitrogens with one attached hydrogen (secondary N) is 1. The first kappa shape index (κ1) is 16.2. The van der Waals surface area contributed by atoms with Crippen LogP contribution in [0.1, 0.15) is 36.0 Å². The van der Waals surface area contributed by atoms with Crippen molar-refractivity contribution in [1.29, 1.82) is 0 Å². The number of sulfonamides is 1. The van der Waals surface area contributed by atoms with Crippen LogP contribution >= 0.6 is 0 Å². The summed E-state index contributed by atoms with van der Waals surface area (Å²) < 4.78 is 28.2. The Kier molecular flexibility index (Phi) is 4.30. The van der Waals surface area contributed by atoms with Gasteiger partial charge < -0.3 is 0 Å². The number of rotatable bonds is 5. The third-order valence-corrected chi connectivity index (χ3v) is 6.48. The van der Waals surface area contributed by atoms with Gasteiger partial charge in [-0.1, -0.05) is 54.4 Å². The maximum atomic E-state index is 12.7. The zero-order valence-corrected chi connectivity index (χ0v) is 14.5. The molecule has 0 bridgehead atoms. The average Bonchev–Trinajstić information content (AvgIpc) is 2.46. The highest BCUT2D eigenvalue weighted by molar-refractivity contribution is 7.89. The average molecular weight is 329 g/mol. The normalized spacial score (nSPS) is 16.8. The molecular weight excluding hydrogens is 306 g/mol. The Morgan fingerprint density at radius 2 is 1.74 bits per heavy atom. The number of aryl methyl sites for hydroxylation is 2. The summed E-state index contributed by atoms with van der Waals surface area (Å²) in [5, 5.41) is 0. The fourth-order valence-corrected chi connectivity index (χ4v) is 4.73. The van der Waals surface area contributed by atoms with E-state index in [0.717, 1.165) is 30.4 Å². The number of benzene rings is 2. The Morgan fingerprint density at radius 3 is 2.30 bits per heavy atom. The summed E-state index contributed by atoms with van der Waals surface area (Å²) in [5.74, 6) is 0. The Hall–Kier alpha value is -1.65. The minimum absolute atomic E-state index is 0.0487. The second-order valence-corrected chi connectivity index (χ2v) is 8.33. The molecule has 0 aliphatic heterocycles. The summed E-state index contributed by atoms with van der Waals surface area (Å²) >= 11 is 0. The van der Waals surface area contributed by atoms with Crippen LogP contribution in [0.25, 0.3) is 0 Å². The molecule has 1 fully saturated rings. The number of hydrogen-bond acceptors (Lipinski definition) is 2. The smallest absolute Gasteiger partial charge is 0.210 e. The molecule has 1 saturated carbocycles. The molecule has 0 aromatic heterocycles. The van der Waals surface area contributed by atoms with Crippen molar-refractivity contribution in [3.63, 3.8) is 0 Å². The summed E-state index contributed by atoms with van der Waals surface area (Å²) in [4.78, 5) is 0.380. The molecule has 2 aromatic rings. The van der Waals surface area contributed by atoms with E-state index in [-0.39, 0.29) is 5.41 Å². The van der Waals surface area contributed by atoms with Gasteiger partial charge in [-0.3, -0.25) is 0 Å². The van der Waals surface area contributed by atoms with Crippen LogP contribution in [0.3, 0.4) is 0 Å². The van der Waals surface area contributed by atoms with Crippen molar-refractivity contribution in [3.05, 3.63) is 65.2 Å². The van der Waals surface area contributed by atoms with E-state index in [1.807, 2.05) is 44.2 Å². The van der Waals surface area contributed by atoms with Crippen LogP contribution < -0.4 is 4.72 Å². The van der Waals surface area contributed by atoms with E-state index in [4.69, 9.17) is 0 Å². The summed E-state index contributed by atoms with van der Waals surface area (Å²) in [6.07, 6.45) is 3.22. The van der Waals surface area contributed by atoms with Gasteiger partial charge in [0.1, 0.15) is 0 Å². The van der Waals surface area contributed by atoms with Gasteiger partial charge in [0, 0.05) is 12.0 Å². The van der Waals surface area contributed by atoms with Crippen molar-refractivity contribution in [2.24, 2.45) is 0 Å². The summed E-state index contributed by atoms with van der Waals surface area (Å²) in [6, 6.07) is 15.7. The lowest BCUT2D eigenvalue weighted by atomic mass is 9.64. The molecule has 122 valence electrons. The van der Waals surface area contributed by atoms with Crippen LogP contribution in [-0.4, -0.2) is 15.0 Å². The molecular formula is C19H23NO2S. The van der Waals surface area contributed by atoms with Crippen LogP contribution in [0, 0.1) is 13.8 Å². The van der Waals surface area contributed by atoms with Crippen molar-refractivity contribution < 1.29 is 8.42 Å². The van der Waals surface area contributed by atoms with Gasteiger partial charge in [0.05, 0.1) is 4.90 Å². The molecule has 4 heteroatoms. The van der Waals surface area contributed by atoms with Crippen molar-refractivity contribution in [3.8, 4) is 0 Å². The largest absolute Gasteiger partial charge is 0.240 e. The Balaban J connectivity index is 1.81. The highest BCUT2D eigenvalue weighted by atomic mass is 32.2. The van der Waals surface area contributed by atoms with Gasteiger partial charge in [0.25, 0.3) is 0 Å². The predicted molar refractivity (Wildman–Crippen MR) is 93.1 cm³/mol. The quantitative estimate of drug-likeness (QED) is 0.909. The zero-order valence-electron chi connectivity index (χ0n) is 13.7. The molecule has 1 N–H and O–H groups in total. The van der Waals surface area contributed by atoms with Crippen LogP contribution in [0.4, 0.5) is 0 Å². The third-order valence-electron chi connectivity index (χ3n) is 4.92. The van der Waals surface area contributed by atoms with Crippen molar-refractivity contribution >= 4 is 10.0 Å². The van der Waals surface area contributed by atoms with E-state index >= 15 is 0 Å². The maximum absolute atomic E-state index is 12.7. The van der Waals surface area contributed by atoms with Gasteiger partial charge in [0.2, 0.25) is 10.0 Å². The molecule has 23 heavy (non-hydrogen) atoms. The maximum Gasteiger partial charge on any atom is 0.240 e. The van der Waals surface area contributed by atoms with Crippen molar-refractivity contribution in [1.82, 2.24) is 4.72 Å². The van der Waals surface area contributed by atoms with Gasteiger partial charge in [-0.25, -0.2) is 13.1 Å². The highest BCUT2D eigenvalue weighted by Gasteiger charge is 2.39. The Labute approximate surface area is 138 Å². The first-order valence-corrected chi connectivity index (χ1v) is 9.54. The second kappa shape index (κ2) is 6.10. The molecule has 0 saturated heterocycles. The molecule has 0 heterocycles. The third kappa shape index (κ3) is 3.19. The van der Waals surface area contributed by atoms with E-state index in [1.165, 1.54) is 5.56 Å². The molecule has 1 aliphatic carbocycles. The molecule has 2 aromatic carbocycles. The first-order chi connectivity index (χ1) is 10.9. The fraction of sp³-hybridized carbons (Fsp3) is 0.368.